The van der Waals surface area contributed by atoms with E-state index in [1.165, 1.54) is 11.9 Å². The average molecular weight is 387 g/mol. The number of carbonyl (C=O) groups is 1. The van der Waals surface area contributed by atoms with Gasteiger partial charge in [0.1, 0.15) is 12.4 Å². The third kappa shape index (κ3) is 3.53. The molecule has 148 valence electrons. The van der Waals surface area contributed by atoms with Crippen molar-refractivity contribution in [2.45, 2.75) is 39.7 Å². The lowest BCUT2D eigenvalue weighted by molar-refractivity contribution is -0.113. The lowest BCUT2D eigenvalue weighted by Gasteiger charge is -2.29. The number of nitrogens with zero attached hydrogens (tertiary/aromatic N) is 3. The number of amides is 1. The summed E-state index contributed by atoms with van der Waals surface area (Å²) in [5, 5.41) is 10.7. The molecule has 29 heavy (non-hydrogen) atoms. The molecule has 1 aromatic heterocycles. The van der Waals surface area contributed by atoms with Gasteiger partial charge in [-0.3, -0.25) is 4.79 Å². The van der Waals surface area contributed by atoms with Gasteiger partial charge in [0.25, 0.3) is 5.91 Å². The molecule has 2 aromatic carbocycles. The molecule has 4 rings (SSSR count). The van der Waals surface area contributed by atoms with Crippen LogP contribution in [-0.2, 0) is 4.79 Å². The Labute approximate surface area is 170 Å². The zero-order valence-corrected chi connectivity index (χ0v) is 17.1. The van der Waals surface area contributed by atoms with Crippen LogP contribution in [0.3, 0.4) is 0 Å². The fourth-order valence-electron chi connectivity index (χ4n) is 3.66. The molecule has 6 nitrogen and oxygen atoms in total. The van der Waals surface area contributed by atoms with Gasteiger partial charge in [0.05, 0.1) is 5.57 Å². The Kier molecular flexibility index (Phi) is 4.92. The van der Waals surface area contributed by atoms with Gasteiger partial charge in [-0.1, -0.05) is 56.3 Å². The minimum atomic E-state index is -0.348. The normalized spacial score (nSPS) is 15.8. The fraction of sp³-hybridized carbons (Fsp3) is 0.261. The molecule has 1 aliphatic heterocycles. The zero-order valence-electron chi connectivity index (χ0n) is 17.1. The van der Waals surface area contributed by atoms with Crippen molar-refractivity contribution in [1.29, 1.82) is 0 Å². The van der Waals surface area contributed by atoms with Gasteiger partial charge in [-0.25, -0.2) is 4.68 Å². The molecule has 0 aliphatic carbocycles. The number of rotatable bonds is 4. The molecule has 2 heterocycles. The van der Waals surface area contributed by atoms with Crippen molar-refractivity contribution in [3.05, 3.63) is 82.8 Å². The average Bonchev–Trinajstić information content (AvgIpc) is 3.16. The van der Waals surface area contributed by atoms with E-state index in [4.69, 9.17) is 0 Å². The highest BCUT2D eigenvalue weighted by molar-refractivity contribution is 6.06. The Bertz CT molecular complexity index is 1080. The number of aryl methyl sites for hydroxylation is 1. The van der Waals surface area contributed by atoms with Crippen molar-refractivity contribution >= 4 is 17.5 Å². The van der Waals surface area contributed by atoms with Crippen molar-refractivity contribution in [2.75, 3.05) is 10.6 Å². The summed E-state index contributed by atoms with van der Waals surface area (Å²) in [4.78, 5) is 17.6. The number of anilines is 2. The van der Waals surface area contributed by atoms with E-state index >= 15 is 0 Å². The first-order chi connectivity index (χ1) is 14.0. The number of benzene rings is 2. The Hall–Kier alpha value is -3.41. The second-order valence-electron chi connectivity index (χ2n) is 7.68. The summed E-state index contributed by atoms with van der Waals surface area (Å²) in [6.07, 6.45) is 1.51. The van der Waals surface area contributed by atoms with Gasteiger partial charge in [0.15, 0.2) is 0 Å². The minimum Gasteiger partial charge on any atom is -0.328 e. The molecule has 0 fully saturated rings. The highest BCUT2D eigenvalue weighted by atomic mass is 16.1. The number of fused-ring (bicyclic) bond motifs is 1. The van der Waals surface area contributed by atoms with E-state index < -0.39 is 0 Å². The first kappa shape index (κ1) is 18.9. The van der Waals surface area contributed by atoms with Crippen LogP contribution < -0.4 is 10.6 Å². The summed E-state index contributed by atoms with van der Waals surface area (Å²) in [7, 11) is 0. The van der Waals surface area contributed by atoms with Crippen LogP contribution in [-0.4, -0.2) is 20.7 Å². The molecule has 0 radical (unpaired) electrons. The highest BCUT2D eigenvalue weighted by Crippen LogP contribution is 2.35. The van der Waals surface area contributed by atoms with Crippen molar-refractivity contribution in [3.8, 4) is 0 Å². The van der Waals surface area contributed by atoms with Gasteiger partial charge in [0, 0.05) is 11.4 Å². The number of nitrogens with one attached hydrogen (secondary N) is 2. The van der Waals surface area contributed by atoms with E-state index in [9.17, 15) is 4.79 Å². The van der Waals surface area contributed by atoms with E-state index in [0.717, 1.165) is 22.5 Å². The van der Waals surface area contributed by atoms with E-state index in [1.807, 2.05) is 38.1 Å². The zero-order chi connectivity index (χ0) is 20.5. The maximum absolute atomic E-state index is 13.4. The van der Waals surface area contributed by atoms with Gasteiger partial charge >= 0.3 is 0 Å². The lowest BCUT2D eigenvalue weighted by atomic mass is 9.92. The lowest BCUT2D eigenvalue weighted by Crippen LogP contribution is -2.31. The predicted molar refractivity (Wildman–Crippen MR) is 115 cm³/mol. The van der Waals surface area contributed by atoms with E-state index in [-0.39, 0.29) is 11.9 Å². The molecule has 1 amide bonds. The maximum Gasteiger partial charge on any atom is 0.255 e. The molecule has 2 N–H and O–H groups in total. The highest BCUT2D eigenvalue weighted by Gasteiger charge is 2.33. The molecule has 0 unspecified atom stereocenters. The smallest absolute Gasteiger partial charge is 0.255 e. The summed E-state index contributed by atoms with van der Waals surface area (Å²) < 4.78 is 1.77. The Morgan fingerprint density at radius 2 is 1.83 bits per heavy atom. The van der Waals surface area contributed by atoms with E-state index in [2.05, 4.69) is 58.8 Å². The summed E-state index contributed by atoms with van der Waals surface area (Å²) in [6.45, 7) is 8.22. The van der Waals surface area contributed by atoms with Crippen molar-refractivity contribution < 1.29 is 4.79 Å². The third-order valence-corrected chi connectivity index (χ3v) is 5.35. The summed E-state index contributed by atoms with van der Waals surface area (Å²) in [6, 6.07) is 15.8. The first-order valence-corrected chi connectivity index (χ1v) is 9.80. The van der Waals surface area contributed by atoms with Crippen LogP contribution in [0.15, 0.2) is 66.1 Å². The summed E-state index contributed by atoms with van der Waals surface area (Å²) >= 11 is 0. The van der Waals surface area contributed by atoms with Crippen LogP contribution in [0.25, 0.3) is 0 Å². The number of hydrogen-bond acceptors (Lipinski definition) is 4. The second kappa shape index (κ2) is 7.54. The van der Waals surface area contributed by atoms with Crippen LogP contribution in [0.2, 0.25) is 0 Å². The number of carbonyl (C=O) groups excluding carboxylic acids is 1. The van der Waals surface area contributed by atoms with Crippen LogP contribution in [0.1, 0.15) is 49.4 Å². The van der Waals surface area contributed by atoms with Crippen LogP contribution in [0, 0.1) is 6.92 Å². The van der Waals surface area contributed by atoms with Gasteiger partial charge in [0.2, 0.25) is 5.95 Å². The van der Waals surface area contributed by atoms with Gasteiger partial charge < -0.3 is 10.6 Å². The quantitative estimate of drug-likeness (QED) is 0.684. The Balaban J connectivity index is 1.75. The van der Waals surface area contributed by atoms with Gasteiger partial charge in [-0.2, -0.15) is 10.1 Å². The third-order valence-electron chi connectivity index (χ3n) is 5.35. The topological polar surface area (TPSA) is 71.8 Å². The standard InChI is InChI=1S/C23H25N5O/c1-14(2)17-9-11-18(12-10-17)21-20(16(4)26-23-24-13-25-28(21)23)22(29)27-19-8-6-5-7-15(19)3/h5-14,21H,1-4H3,(H,27,29)(H,24,25,26)/t21-/m0/s1. The number of aromatic nitrogens is 3. The molecule has 1 aliphatic rings. The van der Waals surface area contributed by atoms with Crippen molar-refractivity contribution in [3.63, 3.8) is 0 Å². The van der Waals surface area contributed by atoms with Crippen LogP contribution >= 0.6 is 0 Å². The van der Waals surface area contributed by atoms with Gasteiger partial charge in [-0.15, -0.1) is 0 Å². The minimum absolute atomic E-state index is 0.150. The number of allylic oxidation sites excluding steroid dienone is 1. The summed E-state index contributed by atoms with van der Waals surface area (Å²) in [5.74, 6) is 0.927. The molecule has 6 heteroatoms. The Morgan fingerprint density at radius 3 is 2.52 bits per heavy atom. The van der Waals surface area contributed by atoms with Crippen LogP contribution in [0.4, 0.5) is 11.6 Å². The molecule has 0 spiro atoms. The second-order valence-corrected chi connectivity index (χ2v) is 7.68. The van der Waals surface area contributed by atoms with E-state index in [1.54, 1.807) is 4.68 Å². The predicted octanol–water partition coefficient (Wildman–Crippen LogP) is 4.64. The molecule has 0 saturated heterocycles. The Morgan fingerprint density at radius 1 is 1.10 bits per heavy atom. The van der Waals surface area contributed by atoms with Crippen molar-refractivity contribution in [1.82, 2.24) is 14.8 Å². The molecule has 1 atom stereocenters. The largest absolute Gasteiger partial charge is 0.328 e. The molecule has 0 bridgehead atoms. The molecular weight excluding hydrogens is 362 g/mol. The number of para-hydroxylation sites is 1. The van der Waals surface area contributed by atoms with Crippen molar-refractivity contribution in [2.24, 2.45) is 0 Å². The molecule has 3 aromatic rings. The SMILES string of the molecule is CC1=C(C(=O)Nc2ccccc2C)[C@H](c2ccc(C(C)C)cc2)n2ncnc2N1. The van der Waals surface area contributed by atoms with Crippen LogP contribution in [0.5, 0.6) is 0 Å². The van der Waals surface area contributed by atoms with Gasteiger partial charge in [-0.05, 0) is 42.5 Å². The molecule has 0 saturated carbocycles. The maximum atomic E-state index is 13.4. The monoisotopic (exact) mass is 387 g/mol. The first-order valence-electron chi connectivity index (χ1n) is 9.80. The molecular formula is C23H25N5O. The van der Waals surface area contributed by atoms with E-state index in [0.29, 0.717) is 17.4 Å². The summed E-state index contributed by atoms with van der Waals surface area (Å²) in [5.41, 5.74) is 5.47. The number of hydrogen-bond donors (Lipinski definition) is 2. The fourth-order valence-corrected chi connectivity index (χ4v) is 3.66.